The van der Waals surface area contributed by atoms with Gasteiger partial charge < -0.3 is 14.2 Å². The molecule has 1 unspecified atom stereocenters. The molecule has 0 heterocycles. The molecule has 0 spiro atoms. The molecule has 0 radical (unpaired) electrons. The van der Waals surface area contributed by atoms with Gasteiger partial charge in [0, 0.05) is 19.3 Å². The monoisotopic (exact) mass is 773 g/mol. The van der Waals surface area contributed by atoms with Crippen LogP contribution in [-0.4, -0.2) is 37.2 Å². The van der Waals surface area contributed by atoms with E-state index in [-0.39, 0.29) is 44.0 Å². The van der Waals surface area contributed by atoms with Crippen LogP contribution in [-0.2, 0) is 28.6 Å². The summed E-state index contributed by atoms with van der Waals surface area (Å²) in [5, 5.41) is 0. The highest BCUT2D eigenvalue weighted by Gasteiger charge is 2.19. The molecule has 312 valence electrons. The van der Waals surface area contributed by atoms with Gasteiger partial charge in [0.2, 0.25) is 0 Å². The molecule has 56 heavy (non-hydrogen) atoms. The molecule has 0 N–H and O–H groups in total. The third kappa shape index (κ3) is 41.0. The normalized spacial score (nSPS) is 13.3. The Kier molecular flexibility index (Phi) is 40.3. The van der Waals surface area contributed by atoms with Crippen molar-refractivity contribution >= 4 is 17.9 Å². The minimum absolute atomic E-state index is 0.126. The molecule has 6 heteroatoms. The molecule has 1 atom stereocenters. The first-order chi connectivity index (χ1) is 27.5. The minimum atomic E-state index is -0.824. The topological polar surface area (TPSA) is 78.9 Å². The zero-order chi connectivity index (χ0) is 40.8. The van der Waals surface area contributed by atoms with Crippen LogP contribution in [0, 0.1) is 0 Å². The Morgan fingerprint density at radius 2 is 0.750 bits per heavy atom. The summed E-state index contributed by atoms with van der Waals surface area (Å²) >= 11 is 0. The number of ether oxygens (including phenoxy) is 3. The third-order valence-electron chi connectivity index (χ3n) is 8.32. The summed E-state index contributed by atoms with van der Waals surface area (Å²) in [6.07, 6.45) is 59.0. The Morgan fingerprint density at radius 3 is 1.30 bits per heavy atom. The average molecular weight is 773 g/mol. The second kappa shape index (κ2) is 43.5. The number of rotatable bonds is 36. The van der Waals surface area contributed by atoms with Crippen LogP contribution in [0.2, 0.25) is 0 Å². The summed E-state index contributed by atoms with van der Waals surface area (Å²) in [4.78, 5) is 37.7. The lowest BCUT2D eigenvalue weighted by Crippen LogP contribution is -2.30. The van der Waals surface area contributed by atoms with Crippen LogP contribution in [0.5, 0.6) is 0 Å². The average Bonchev–Trinajstić information content (AvgIpc) is 3.19. The van der Waals surface area contributed by atoms with E-state index in [2.05, 4.69) is 93.7 Å². The first kappa shape index (κ1) is 51.8. The smallest absolute Gasteiger partial charge is 0.306 e. The number of esters is 3. The van der Waals surface area contributed by atoms with E-state index in [0.29, 0.717) is 12.8 Å². The van der Waals surface area contributed by atoms with Gasteiger partial charge in [-0.25, -0.2) is 0 Å². The van der Waals surface area contributed by atoms with Gasteiger partial charge in [-0.15, -0.1) is 0 Å². The molecule has 0 saturated heterocycles. The maximum absolute atomic E-state index is 12.7. The van der Waals surface area contributed by atoms with E-state index in [0.717, 1.165) is 109 Å². The van der Waals surface area contributed by atoms with Crippen molar-refractivity contribution in [1.29, 1.82) is 0 Å². The Labute approximate surface area is 342 Å². The summed E-state index contributed by atoms with van der Waals surface area (Å²) < 4.78 is 16.6. The van der Waals surface area contributed by atoms with Crippen molar-refractivity contribution in [3.05, 3.63) is 122 Å². The molecule has 0 aromatic rings. The molecular formula is C50H76O6. The molecule has 0 bridgehead atoms. The predicted octanol–water partition coefficient (Wildman–Crippen LogP) is 13.8. The van der Waals surface area contributed by atoms with E-state index in [1.165, 1.54) is 0 Å². The molecule has 6 nitrogen and oxygen atoms in total. The molecule has 0 aliphatic carbocycles. The molecule has 0 aromatic heterocycles. The molecular weight excluding hydrogens is 697 g/mol. The van der Waals surface area contributed by atoms with Crippen molar-refractivity contribution in [2.45, 2.75) is 162 Å². The van der Waals surface area contributed by atoms with Crippen molar-refractivity contribution in [3.63, 3.8) is 0 Å². The van der Waals surface area contributed by atoms with Crippen molar-refractivity contribution in [2.24, 2.45) is 0 Å². The van der Waals surface area contributed by atoms with E-state index in [1.54, 1.807) is 0 Å². The highest BCUT2D eigenvalue weighted by Crippen LogP contribution is 2.11. The van der Waals surface area contributed by atoms with Crippen molar-refractivity contribution in [1.82, 2.24) is 0 Å². The van der Waals surface area contributed by atoms with Crippen LogP contribution < -0.4 is 0 Å². The van der Waals surface area contributed by atoms with E-state index in [1.807, 2.05) is 48.6 Å². The molecule has 0 rings (SSSR count). The van der Waals surface area contributed by atoms with E-state index in [4.69, 9.17) is 14.2 Å². The SMILES string of the molecule is CC\C=C/C=C\C=C/C=C\C=C/CCCCCC(=O)OCC(COC(=O)CCC/C=C\C/C=C\C/C=C\CC)OC(=O)CCCCCCC/C=C\C/C=C\CC. The molecule has 0 amide bonds. The summed E-state index contributed by atoms with van der Waals surface area (Å²) in [6.45, 7) is 6.12. The van der Waals surface area contributed by atoms with Gasteiger partial charge in [0.25, 0.3) is 0 Å². The Balaban J connectivity index is 4.58. The predicted molar refractivity (Wildman–Crippen MR) is 237 cm³/mol. The van der Waals surface area contributed by atoms with Crippen molar-refractivity contribution in [2.75, 3.05) is 13.2 Å². The van der Waals surface area contributed by atoms with Gasteiger partial charge in [0.15, 0.2) is 6.10 Å². The van der Waals surface area contributed by atoms with Crippen LogP contribution in [0.4, 0.5) is 0 Å². The van der Waals surface area contributed by atoms with Gasteiger partial charge in [0.1, 0.15) is 13.2 Å². The first-order valence-corrected chi connectivity index (χ1v) is 21.6. The fourth-order valence-electron chi connectivity index (χ4n) is 5.17. The number of hydrogen-bond acceptors (Lipinski definition) is 6. The van der Waals surface area contributed by atoms with Gasteiger partial charge in [-0.05, 0) is 89.9 Å². The van der Waals surface area contributed by atoms with E-state index >= 15 is 0 Å². The highest BCUT2D eigenvalue weighted by atomic mass is 16.6. The molecule has 0 aromatic carbocycles. The lowest BCUT2D eigenvalue weighted by molar-refractivity contribution is -0.167. The van der Waals surface area contributed by atoms with Gasteiger partial charge in [0.05, 0.1) is 0 Å². The first-order valence-electron chi connectivity index (χ1n) is 21.6. The number of carbonyl (C=O) groups excluding carboxylic acids is 3. The molecule has 0 aliphatic rings. The fourth-order valence-corrected chi connectivity index (χ4v) is 5.17. The van der Waals surface area contributed by atoms with Crippen LogP contribution in [0.15, 0.2) is 122 Å². The lowest BCUT2D eigenvalue weighted by Gasteiger charge is -2.18. The highest BCUT2D eigenvalue weighted by molar-refractivity contribution is 5.71. The quantitative estimate of drug-likeness (QED) is 0.0207. The number of carbonyl (C=O) groups is 3. The summed E-state index contributed by atoms with van der Waals surface area (Å²) in [5.74, 6) is -1.05. The van der Waals surface area contributed by atoms with E-state index in [9.17, 15) is 14.4 Å². The van der Waals surface area contributed by atoms with Crippen LogP contribution in [0.25, 0.3) is 0 Å². The minimum Gasteiger partial charge on any atom is -0.462 e. The number of allylic oxidation sites excluding steroid dienone is 20. The Morgan fingerprint density at radius 1 is 0.375 bits per heavy atom. The van der Waals surface area contributed by atoms with Crippen LogP contribution in [0.3, 0.4) is 0 Å². The Hall–Kier alpha value is -4.19. The maximum atomic E-state index is 12.7. The van der Waals surface area contributed by atoms with Gasteiger partial charge >= 0.3 is 17.9 Å². The number of unbranched alkanes of at least 4 members (excludes halogenated alkanes) is 9. The summed E-state index contributed by atoms with van der Waals surface area (Å²) in [7, 11) is 0. The second-order valence-electron chi connectivity index (χ2n) is 13.6. The Bertz CT molecular complexity index is 1260. The standard InChI is InChI=1S/C50H76O6/c1-4-7-10-13-16-19-22-24-25-26-29-31-34-37-40-43-49(52)55-46-47(45-54-48(51)42-39-36-33-30-27-21-18-15-12-9-6-3)56-50(53)44-41-38-35-32-28-23-20-17-14-11-8-5-2/h7-13,16-22,24-26,29-30,33,47H,4-6,14-15,23,27-28,31-32,34-46H2,1-3H3/b10-7-,11-8-,12-9-,16-13-,20-17-,21-18-,22-19-,25-24-,29-26-,33-30-. The fraction of sp³-hybridized carbons (Fsp3) is 0.540. The van der Waals surface area contributed by atoms with Crippen molar-refractivity contribution in [3.8, 4) is 0 Å². The zero-order valence-corrected chi connectivity index (χ0v) is 35.3. The molecule has 0 aliphatic heterocycles. The van der Waals surface area contributed by atoms with Gasteiger partial charge in [-0.2, -0.15) is 0 Å². The lowest BCUT2D eigenvalue weighted by atomic mass is 10.1. The summed E-state index contributed by atoms with van der Waals surface area (Å²) in [6, 6.07) is 0. The third-order valence-corrected chi connectivity index (χ3v) is 8.32. The molecule has 0 fully saturated rings. The largest absolute Gasteiger partial charge is 0.462 e. The van der Waals surface area contributed by atoms with Gasteiger partial charge in [-0.1, -0.05) is 168 Å². The maximum Gasteiger partial charge on any atom is 0.306 e. The molecule has 0 saturated carbocycles. The second-order valence-corrected chi connectivity index (χ2v) is 13.6. The van der Waals surface area contributed by atoms with Crippen molar-refractivity contribution < 1.29 is 28.6 Å². The van der Waals surface area contributed by atoms with E-state index < -0.39 is 6.10 Å². The van der Waals surface area contributed by atoms with Gasteiger partial charge in [-0.3, -0.25) is 14.4 Å². The van der Waals surface area contributed by atoms with Crippen LogP contribution >= 0.6 is 0 Å². The zero-order valence-electron chi connectivity index (χ0n) is 35.3. The summed E-state index contributed by atoms with van der Waals surface area (Å²) in [5.41, 5.74) is 0. The van der Waals surface area contributed by atoms with Crippen LogP contribution in [0.1, 0.15) is 156 Å². The number of hydrogen-bond donors (Lipinski definition) is 0.